The number of aromatic nitrogens is 3. The van der Waals surface area contributed by atoms with Crippen molar-refractivity contribution in [2.45, 2.75) is 25.3 Å². The van der Waals surface area contributed by atoms with Crippen LogP contribution in [0.3, 0.4) is 0 Å². The van der Waals surface area contributed by atoms with Crippen molar-refractivity contribution in [2.75, 3.05) is 32.1 Å². The molecule has 1 aliphatic rings. The number of aryl methyl sites for hydroxylation is 2. The quantitative estimate of drug-likeness (QED) is 0.465. The van der Waals surface area contributed by atoms with Gasteiger partial charge in [-0.15, -0.1) is 21.5 Å². The third kappa shape index (κ3) is 3.95. The van der Waals surface area contributed by atoms with Crippen molar-refractivity contribution in [3.05, 3.63) is 59.4 Å². The molecule has 7 heteroatoms. The fourth-order valence-electron chi connectivity index (χ4n) is 3.92. The molecule has 4 aromatic rings. The van der Waals surface area contributed by atoms with Crippen molar-refractivity contribution in [1.29, 1.82) is 0 Å². The second kappa shape index (κ2) is 8.16. The van der Waals surface area contributed by atoms with Gasteiger partial charge in [0.05, 0.1) is 15.2 Å². The summed E-state index contributed by atoms with van der Waals surface area (Å²) in [6.45, 7) is 2.17. The normalized spacial score (nSPS) is 16.8. The second-order valence-electron chi connectivity index (χ2n) is 7.98. The van der Waals surface area contributed by atoms with E-state index in [2.05, 4.69) is 69.4 Å². The summed E-state index contributed by atoms with van der Waals surface area (Å²) in [4.78, 5) is 9.42. The van der Waals surface area contributed by atoms with Gasteiger partial charge >= 0.3 is 0 Å². The molecule has 0 radical (unpaired) electrons. The molecule has 1 unspecified atom stereocenters. The summed E-state index contributed by atoms with van der Waals surface area (Å²) in [6.07, 6.45) is 2.71. The first-order valence-electron chi connectivity index (χ1n) is 10.3. The van der Waals surface area contributed by atoms with Gasteiger partial charge in [0.25, 0.3) is 0 Å². The molecule has 0 aliphatic carbocycles. The number of para-hydroxylation sites is 1. The fraction of sp³-hybridized carbons (Fsp3) is 0.348. The number of fused-ring (bicyclic) bond motifs is 1. The SMILES string of the molecule is CN(C)C1CCN(c2ccc(-c3nnc(CCc4nc5ccccc5s4)o3)cc2)C1. The van der Waals surface area contributed by atoms with Crippen LogP contribution >= 0.6 is 11.3 Å². The molecule has 3 heterocycles. The Kier molecular flexibility index (Phi) is 5.23. The van der Waals surface area contributed by atoms with E-state index < -0.39 is 0 Å². The molecule has 0 N–H and O–H groups in total. The van der Waals surface area contributed by atoms with Gasteiger partial charge in [0.2, 0.25) is 11.8 Å². The summed E-state index contributed by atoms with van der Waals surface area (Å²) in [5, 5.41) is 9.58. The molecule has 0 amide bonds. The van der Waals surface area contributed by atoms with Crippen molar-refractivity contribution >= 4 is 27.2 Å². The van der Waals surface area contributed by atoms with Gasteiger partial charge < -0.3 is 14.2 Å². The predicted molar refractivity (Wildman–Crippen MR) is 121 cm³/mol. The van der Waals surface area contributed by atoms with Gasteiger partial charge in [-0.05, 0) is 56.9 Å². The van der Waals surface area contributed by atoms with E-state index in [-0.39, 0.29) is 0 Å². The van der Waals surface area contributed by atoms with Gasteiger partial charge in [-0.3, -0.25) is 0 Å². The Labute approximate surface area is 180 Å². The highest BCUT2D eigenvalue weighted by Gasteiger charge is 2.24. The van der Waals surface area contributed by atoms with Crippen molar-refractivity contribution in [2.24, 2.45) is 0 Å². The summed E-state index contributed by atoms with van der Waals surface area (Å²) in [7, 11) is 4.31. The van der Waals surface area contributed by atoms with E-state index in [1.165, 1.54) is 16.8 Å². The maximum Gasteiger partial charge on any atom is 0.247 e. The van der Waals surface area contributed by atoms with Crippen LogP contribution in [0, 0.1) is 0 Å². The van der Waals surface area contributed by atoms with Crippen LogP contribution in [0.4, 0.5) is 5.69 Å². The van der Waals surface area contributed by atoms with E-state index in [9.17, 15) is 0 Å². The summed E-state index contributed by atoms with van der Waals surface area (Å²) < 4.78 is 7.13. The number of likely N-dealkylation sites (N-methyl/N-ethyl adjacent to an activating group) is 1. The van der Waals surface area contributed by atoms with Crippen molar-refractivity contribution in [3.63, 3.8) is 0 Å². The molecule has 1 aliphatic heterocycles. The Balaban J connectivity index is 1.23. The van der Waals surface area contributed by atoms with Gasteiger partial charge in [-0.2, -0.15) is 0 Å². The average Bonchev–Trinajstić information content (AvgIpc) is 3.51. The molecule has 0 bridgehead atoms. The molecule has 154 valence electrons. The van der Waals surface area contributed by atoms with Crippen molar-refractivity contribution in [1.82, 2.24) is 20.1 Å². The van der Waals surface area contributed by atoms with Crippen LogP contribution in [-0.4, -0.2) is 53.3 Å². The van der Waals surface area contributed by atoms with Crippen LogP contribution in [0.5, 0.6) is 0 Å². The molecular weight excluding hydrogens is 394 g/mol. The standard InChI is InChI=1S/C23H25N5OS/c1-27(2)18-13-14-28(15-18)17-9-7-16(8-10-17)23-26-25-21(29-23)11-12-22-24-19-5-3-4-6-20(19)30-22/h3-10,18H,11-15H2,1-2H3. The molecule has 5 rings (SSSR count). The van der Waals surface area contributed by atoms with Crippen LogP contribution in [0.1, 0.15) is 17.3 Å². The topological polar surface area (TPSA) is 58.3 Å². The molecule has 0 spiro atoms. The fourth-order valence-corrected chi connectivity index (χ4v) is 4.89. The summed E-state index contributed by atoms with van der Waals surface area (Å²) in [5.41, 5.74) is 3.26. The molecular formula is C23H25N5OS. The first kappa shape index (κ1) is 19.2. The highest BCUT2D eigenvalue weighted by atomic mass is 32.1. The molecule has 1 saturated heterocycles. The van der Waals surface area contributed by atoms with Gasteiger partial charge in [0, 0.05) is 43.2 Å². The maximum atomic E-state index is 5.91. The van der Waals surface area contributed by atoms with Crippen LogP contribution in [0.2, 0.25) is 0 Å². The highest BCUT2D eigenvalue weighted by Crippen LogP contribution is 2.27. The lowest BCUT2D eigenvalue weighted by molar-refractivity contribution is 0.315. The Morgan fingerprint density at radius 3 is 2.67 bits per heavy atom. The number of benzene rings is 2. The summed E-state index contributed by atoms with van der Waals surface area (Å²) in [5.74, 6) is 1.23. The second-order valence-corrected chi connectivity index (χ2v) is 9.09. The molecule has 2 aromatic heterocycles. The zero-order chi connectivity index (χ0) is 20.5. The first-order valence-corrected chi connectivity index (χ1v) is 11.2. The number of anilines is 1. The van der Waals surface area contributed by atoms with E-state index in [0.717, 1.165) is 35.6 Å². The minimum atomic E-state index is 0.577. The van der Waals surface area contributed by atoms with E-state index in [1.54, 1.807) is 11.3 Å². The van der Waals surface area contributed by atoms with Gasteiger partial charge in [0.1, 0.15) is 0 Å². The van der Waals surface area contributed by atoms with E-state index in [0.29, 0.717) is 24.2 Å². The number of rotatable bonds is 6. The lowest BCUT2D eigenvalue weighted by Gasteiger charge is -2.21. The Morgan fingerprint density at radius 1 is 1.07 bits per heavy atom. The third-order valence-corrected chi connectivity index (χ3v) is 6.83. The van der Waals surface area contributed by atoms with E-state index in [4.69, 9.17) is 4.42 Å². The molecule has 0 saturated carbocycles. The van der Waals surface area contributed by atoms with E-state index in [1.807, 2.05) is 18.2 Å². The zero-order valence-electron chi connectivity index (χ0n) is 17.3. The zero-order valence-corrected chi connectivity index (χ0v) is 18.1. The van der Waals surface area contributed by atoms with Gasteiger partial charge in [-0.1, -0.05) is 12.1 Å². The van der Waals surface area contributed by atoms with Crippen LogP contribution in [0.15, 0.2) is 52.9 Å². The largest absolute Gasteiger partial charge is 0.421 e. The molecule has 1 fully saturated rings. The number of hydrogen-bond acceptors (Lipinski definition) is 7. The van der Waals surface area contributed by atoms with Crippen molar-refractivity contribution in [3.8, 4) is 11.5 Å². The first-order chi connectivity index (χ1) is 14.7. The lowest BCUT2D eigenvalue weighted by atomic mass is 10.2. The minimum Gasteiger partial charge on any atom is -0.421 e. The Hall–Kier alpha value is -2.77. The lowest BCUT2D eigenvalue weighted by Crippen LogP contribution is -2.31. The Bertz CT molecular complexity index is 1100. The third-order valence-electron chi connectivity index (χ3n) is 5.73. The monoisotopic (exact) mass is 419 g/mol. The molecule has 1 atom stereocenters. The van der Waals surface area contributed by atoms with Gasteiger partial charge in [-0.25, -0.2) is 4.98 Å². The summed E-state index contributed by atoms with van der Waals surface area (Å²) in [6, 6.07) is 17.3. The number of nitrogens with zero attached hydrogens (tertiary/aromatic N) is 5. The highest BCUT2D eigenvalue weighted by molar-refractivity contribution is 7.18. The average molecular weight is 420 g/mol. The maximum absolute atomic E-state index is 5.91. The smallest absolute Gasteiger partial charge is 0.247 e. The molecule has 2 aromatic carbocycles. The summed E-state index contributed by atoms with van der Waals surface area (Å²) >= 11 is 1.73. The molecule has 6 nitrogen and oxygen atoms in total. The number of thiazole rings is 1. The predicted octanol–water partition coefficient (Wildman–Crippen LogP) is 4.27. The van der Waals surface area contributed by atoms with Crippen LogP contribution in [-0.2, 0) is 12.8 Å². The van der Waals surface area contributed by atoms with Crippen LogP contribution < -0.4 is 4.90 Å². The van der Waals surface area contributed by atoms with E-state index >= 15 is 0 Å². The van der Waals surface area contributed by atoms with Crippen molar-refractivity contribution < 1.29 is 4.42 Å². The Morgan fingerprint density at radius 2 is 1.90 bits per heavy atom. The van der Waals surface area contributed by atoms with Gasteiger partial charge in [0.15, 0.2) is 0 Å². The number of hydrogen-bond donors (Lipinski definition) is 0. The van der Waals surface area contributed by atoms with Crippen LogP contribution in [0.25, 0.3) is 21.7 Å². The minimum absolute atomic E-state index is 0.577. The molecule has 30 heavy (non-hydrogen) atoms.